The highest BCUT2D eigenvalue weighted by Gasteiger charge is 2.35. The van der Waals surface area contributed by atoms with Gasteiger partial charge in [-0.25, -0.2) is 9.97 Å². The first kappa shape index (κ1) is 19.6. The van der Waals surface area contributed by atoms with Crippen LogP contribution < -0.4 is 11.1 Å². The molecule has 2 aliphatic rings. The first-order valence-corrected chi connectivity index (χ1v) is 10.0. The molecule has 1 amide bonds. The highest BCUT2D eigenvalue weighted by molar-refractivity contribution is 6.00. The maximum absolute atomic E-state index is 12.7. The summed E-state index contributed by atoms with van der Waals surface area (Å²) in [6.45, 7) is 6.08. The van der Waals surface area contributed by atoms with Gasteiger partial charge in [0.05, 0.1) is 18.3 Å². The number of Topliss-reactive ketones (excluding diaryl/α,β-unsaturated/α-hetero) is 1. The molecule has 0 saturated heterocycles. The van der Waals surface area contributed by atoms with E-state index < -0.39 is 12.0 Å². The van der Waals surface area contributed by atoms with E-state index in [9.17, 15) is 14.7 Å². The largest absolute Gasteiger partial charge is 0.391 e. The zero-order chi connectivity index (χ0) is 20.9. The van der Waals surface area contributed by atoms with Crippen LogP contribution in [0, 0.1) is 12.3 Å². The van der Waals surface area contributed by atoms with Crippen LogP contribution in [0.4, 0.5) is 5.82 Å². The Kier molecular flexibility index (Phi) is 4.69. The lowest BCUT2D eigenvalue weighted by Crippen LogP contribution is -2.31. The van der Waals surface area contributed by atoms with Gasteiger partial charge in [0.15, 0.2) is 23.1 Å². The number of aromatic nitrogens is 3. The number of hydrogen-bond donors (Lipinski definition) is 3. The molecule has 4 N–H and O–H groups in total. The fraction of sp³-hybridized carbons (Fsp3) is 0.524. The zero-order valence-corrected chi connectivity index (χ0v) is 17.0. The molecule has 2 aliphatic carbocycles. The highest BCUT2D eigenvalue weighted by atomic mass is 16.3. The van der Waals surface area contributed by atoms with Gasteiger partial charge in [0.2, 0.25) is 0 Å². The smallest absolute Gasteiger partial charge is 0.271 e. The minimum absolute atomic E-state index is 0.0435. The van der Waals surface area contributed by atoms with Crippen molar-refractivity contribution in [3.05, 3.63) is 34.9 Å². The van der Waals surface area contributed by atoms with Crippen molar-refractivity contribution in [1.29, 1.82) is 0 Å². The van der Waals surface area contributed by atoms with Gasteiger partial charge in [0, 0.05) is 23.9 Å². The molecule has 154 valence electrons. The second kappa shape index (κ2) is 6.95. The Morgan fingerprint density at radius 2 is 2.10 bits per heavy atom. The molecule has 8 nitrogen and oxygen atoms in total. The minimum Gasteiger partial charge on any atom is -0.391 e. The molecule has 1 fully saturated rings. The number of rotatable bonds is 4. The third-order valence-electron chi connectivity index (χ3n) is 5.90. The van der Waals surface area contributed by atoms with E-state index in [4.69, 9.17) is 5.73 Å². The molecule has 2 atom stereocenters. The molecule has 0 bridgehead atoms. The van der Waals surface area contributed by atoms with Gasteiger partial charge in [-0.2, -0.15) is 0 Å². The van der Waals surface area contributed by atoms with E-state index >= 15 is 0 Å². The van der Waals surface area contributed by atoms with Gasteiger partial charge in [0.1, 0.15) is 0 Å². The third-order valence-corrected chi connectivity index (χ3v) is 5.90. The minimum atomic E-state index is -0.680. The first-order valence-electron chi connectivity index (χ1n) is 10.0. The number of fused-ring (bicyclic) bond motifs is 1. The fourth-order valence-electron chi connectivity index (χ4n) is 4.54. The van der Waals surface area contributed by atoms with Crippen molar-refractivity contribution in [2.75, 3.05) is 5.32 Å². The molecule has 0 aliphatic heterocycles. The summed E-state index contributed by atoms with van der Waals surface area (Å²) in [5, 5.41) is 13.3. The average Bonchev–Trinajstić information content (AvgIpc) is 3.17. The molecule has 2 unspecified atom stereocenters. The summed E-state index contributed by atoms with van der Waals surface area (Å²) in [6, 6.07) is -0.196. The Bertz CT molecular complexity index is 994. The number of aliphatic hydroxyl groups is 1. The standard InChI is InChI=1S/C21H27N5O3/c1-11-10-26(13-7-21(2,3)8-15(28)17(11)13)16-9-23-18(19(22)29)20(25-16)24-12-5-4-6-14(12)27/h9-10,12,14,27H,4-8H2,1-3H3,(H2,22,29)(H,24,25). The van der Waals surface area contributed by atoms with E-state index in [1.165, 1.54) is 6.20 Å². The lowest BCUT2D eigenvalue weighted by atomic mass is 9.75. The van der Waals surface area contributed by atoms with Crippen LogP contribution in [0.15, 0.2) is 12.4 Å². The van der Waals surface area contributed by atoms with Crippen LogP contribution in [0.1, 0.15) is 71.6 Å². The summed E-state index contributed by atoms with van der Waals surface area (Å²) >= 11 is 0. The van der Waals surface area contributed by atoms with Crippen LogP contribution in [0.3, 0.4) is 0 Å². The number of nitrogens with two attached hydrogens (primary N) is 1. The quantitative estimate of drug-likeness (QED) is 0.726. The molecule has 29 heavy (non-hydrogen) atoms. The lowest BCUT2D eigenvalue weighted by molar-refractivity contribution is 0.0909. The van der Waals surface area contributed by atoms with Gasteiger partial charge in [-0.1, -0.05) is 13.8 Å². The Morgan fingerprint density at radius 1 is 1.34 bits per heavy atom. The summed E-state index contributed by atoms with van der Waals surface area (Å²) in [5.74, 6) is 0.241. The predicted molar refractivity (Wildman–Crippen MR) is 108 cm³/mol. The average molecular weight is 397 g/mol. The molecule has 8 heteroatoms. The van der Waals surface area contributed by atoms with Crippen molar-refractivity contribution in [2.45, 2.75) is 65.0 Å². The van der Waals surface area contributed by atoms with Crippen LogP contribution in [-0.4, -0.2) is 43.5 Å². The number of amides is 1. The summed E-state index contributed by atoms with van der Waals surface area (Å²) in [5.41, 5.74) is 7.97. The topological polar surface area (TPSA) is 123 Å². The van der Waals surface area contributed by atoms with Gasteiger partial charge in [-0.3, -0.25) is 9.59 Å². The first-order chi connectivity index (χ1) is 13.7. The second-order valence-corrected chi connectivity index (χ2v) is 8.98. The van der Waals surface area contributed by atoms with E-state index in [0.29, 0.717) is 18.7 Å². The summed E-state index contributed by atoms with van der Waals surface area (Å²) in [7, 11) is 0. The van der Waals surface area contributed by atoms with E-state index in [2.05, 4.69) is 29.1 Å². The number of aliphatic hydroxyl groups excluding tert-OH is 1. The third kappa shape index (κ3) is 3.53. The SMILES string of the molecule is Cc1cn(-c2cnc(C(N)=O)c(NC3CCCC3O)n2)c2c1C(=O)CC(C)(C)C2. The number of primary amides is 1. The molecular weight excluding hydrogens is 370 g/mol. The summed E-state index contributed by atoms with van der Waals surface area (Å²) in [6.07, 6.45) is 6.55. The summed E-state index contributed by atoms with van der Waals surface area (Å²) in [4.78, 5) is 33.4. The van der Waals surface area contributed by atoms with Gasteiger partial charge in [-0.05, 0) is 43.6 Å². The number of aryl methyl sites for hydroxylation is 1. The van der Waals surface area contributed by atoms with E-state index in [0.717, 1.165) is 36.1 Å². The Morgan fingerprint density at radius 3 is 2.76 bits per heavy atom. The molecule has 4 rings (SSSR count). The second-order valence-electron chi connectivity index (χ2n) is 8.98. The van der Waals surface area contributed by atoms with Crippen molar-refractivity contribution in [3.8, 4) is 5.82 Å². The van der Waals surface area contributed by atoms with Crippen molar-refractivity contribution < 1.29 is 14.7 Å². The van der Waals surface area contributed by atoms with Gasteiger partial charge in [0.25, 0.3) is 5.91 Å². The molecule has 2 heterocycles. The Labute approximate surface area is 169 Å². The normalized spacial score (nSPS) is 23.1. The molecule has 0 radical (unpaired) electrons. The lowest BCUT2D eigenvalue weighted by Gasteiger charge is -2.29. The maximum Gasteiger partial charge on any atom is 0.271 e. The van der Waals surface area contributed by atoms with Gasteiger partial charge < -0.3 is 20.7 Å². The number of ketones is 1. The molecule has 0 spiro atoms. The molecular formula is C21H27N5O3. The fourth-order valence-corrected chi connectivity index (χ4v) is 4.54. The number of nitrogens with one attached hydrogen (secondary N) is 1. The molecule has 0 aromatic carbocycles. The Balaban J connectivity index is 1.79. The van der Waals surface area contributed by atoms with Crippen molar-refractivity contribution in [1.82, 2.24) is 14.5 Å². The van der Waals surface area contributed by atoms with Crippen LogP contribution in [-0.2, 0) is 6.42 Å². The summed E-state index contributed by atoms with van der Waals surface area (Å²) < 4.78 is 1.89. The predicted octanol–water partition coefficient (Wildman–Crippen LogP) is 2.16. The number of nitrogens with zero attached hydrogens (tertiary/aromatic N) is 3. The molecule has 1 saturated carbocycles. The molecule has 2 aromatic heterocycles. The van der Waals surface area contributed by atoms with Crippen LogP contribution in [0.25, 0.3) is 5.82 Å². The number of anilines is 1. The van der Waals surface area contributed by atoms with Crippen molar-refractivity contribution >= 4 is 17.5 Å². The van der Waals surface area contributed by atoms with Crippen LogP contribution in [0.2, 0.25) is 0 Å². The monoisotopic (exact) mass is 397 g/mol. The number of carbonyl (C=O) groups excluding carboxylic acids is 2. The maximum atomic E-state index is 12.7. The van der Waals surface area contributed by atoms with Gasteiger partial charge in [-0.15, -0.1) is 0 Å². The highest BCUT2D eigenvalue weighted by Crippen LogP contribution is 2.38. The van der Waals surface area contributed by atoms with Crippen molar-refractivity contribution in [3.63, 3.8) is 0 Å². The van der Waals surface area contributed by atoms with Crippen LogP contribution in [0.5, 0.6) is 0 Å². The Hall–Kier alpha value is -2.74. The van der Waals surface area contributed by atoms with Gasteiger partial charge >= 0.3 is 0 Å². The number of hydrogen-bond acceptors (Lipinski definition) is 6. The van der Waals surface area contributed by atoms with E-state index in [1.54, 1.807) is 0 Å². The van der Waals surface area contributed by atoms with E-state index in [-0.39, 0.29) is 28.8 Å². The number of carbonyl (C=O) groups is 2. The molecule has 2 aromatic rings. The zero-order valence-electron chi connectivity index (χ0n) is 17.0. The van der Waals surface area contributed by atoms with Crippen LogP contribution >= 0.6 is 0 Å². The van der Waals surface area contributed by atoms with E-state index in [1.807, 2.05) is 17.7 Å². The van der Waals surface area contributed by atoms with Crippen molar-refractivity contribution in [2.24, 2.45) is 11.1 Å².